The Bertz CT molecular complexity index is 304. The molecule has 0 amide bonds. The van der Waals surface area contributed by atoms with E-state index in [2.05, 4.69) is 15.9 Å². The van der Waals surface area contributed by atoms with Crippen LogP contribution in [0.4, 0.5) is 0 Å². The first-order valence-electron chi connectivity index (χ1n) is 5.33. The first-order valence-corrected chi connectivity index (χ1v) is 6.45. The van der Waals surface area contributed by atoms with Crippen LogP contribution >= 0.6 is 15.9 Å². The summed E-state index contributed by atoms with van der Waals surface area (Å²) in [6.07, 6.45) is -0.0587. The van der Waals surface area contributed by atoms with Crippen molar-refractivity contribution in [3.8, 4) is 0 Å². The predicted molar refractivity (Wildman–Crippen MR) is 64.5 cm³/mol. The molecule has 1 heterocycles. The van der Waals surface area contributed by atoms with Crippen molar-refractivity contribution in [2.75, 3.05) is 18.5 Å². The minimum absolute atomic E-state index is 0.0614. The molecule has 88 valence electrons. The lowest BCUT2D eigenvalue weighted by Crippen LogP contribution is -2.19. The molecule has 3 nitrogen and oxygen atoms in total. The molecule has 1 aromatic rings. The average Bonchev–Trinajstić information content (AvgIpc) is 2.78. The SMILES string of the molecule is BrCC1OCC(COCc2ccccc2)O1. The molecule has 0 bridgehead atoms. The van der Waals surface area contributed by atoms with Crippen LogP contribution in [0.3, 0.4) is 0 Å². The fourth-order valence-corrected chi connectivity index (χ4v) is 1.90. The van der Waals surface area contributed by atoms with Crippen LogP contribution in [0.2, 0.25) is 0 Å². The van der Waals surface area contributed by atoms with Gasteiger partial charge in [0, 0.05) is 0 Å². The van der Waals surface area contributed by atoms with Crippen LogP contribution in [0.25, 0.3) is 0 Å². The number of hydrogen-bond acceptors (Lipinski definition) is 3. The van der Waals surface area contributed by atoms with Crippen LogP contribution in [0.1, 0.15) is 5.56 Å². The van der Waals surface area contributed by atoms with Gasteiger partial charge in [0.2, 0.25) is 0 Å². The number of benzene rings is 1. The zero-order valence-electron chi connectivity index (χ0n) is 8.97. The van der Waals surface area contributed by atoms with E-state index in [4.69, 9.17) is 14.2 Å². The molecule has 0 saturated carbocycles. The van der Waals surface area contributed by atoms with Crippen LogP contribution in [0.5, 0.6) is 0 Å². The maximum atomic E-state index is 5.58. The number of rotatable bonds is 5. The van der Waals surface area contributed by atoms with E-state index in [1.54, 1.807) is 0 Å². The van der Waals surface area contributed by atoms with E-state index in [-0.39, 0.29) is 12.4 Å². The monoisotopic (exact) mass is 286 g/mol. The van der Waals surface area contributed by atoms with Crippen molar-refractivity contribution in [2.24, 2.45) is 0 Å². The van der Waals surface area contributed by atoms with Crippen molar-refractivity contribution < 1.29 is 14.2 Å². The van der Waals surface area contributed by atoms with Gasteiger partial charge in [0.05, 0.1) is 25.2 Å². The van der Waals surface area contributed by atoms with Gasteiger partial charge < -0.3 is 14.2 Å². The predicted octanol–water partition coefficient (Wildman–Crippen LogP) is 2.34. The van der Waals surface area contributed by atoms with E-state index >= 15 is 0 Å². The Morgan fingerprint density at radius 1 is 1.31 bits per heavy atom. The highest BCUT2D eigenvalue weighted by atomic mass is 79.9. The molecular formula is C12H15BrO3. The molecule has 0 spiro atoms. The van der Waals surface area contributed by atoms with Gasteiger partial charge in [-0.3, -0.25) is 0 Å². The second-order valence-electron chi connectivity index (χ2n) is 3.68. The van der Waals surface area contributed by atoms with Crippen molar-refractivity contribution in [1.82, 2.24) is 0 Å². The summed E-state index contributed by atoms with van der Waals surface area (Å²) in [5.41, 5.74) is 1.18. The Balaban J connectivity index is 1.65. The molecule has 4 heteroatoms. The zero-order chi connectivity index (χ0) is 11.2. The first-order chi connectivity index (χ1) is 7.88. The molecular weight excluding hydrogens is 272 g/mol. The Morgan fingerprint density at radius 3 is 2.81 bits per heavy atom. The highest BCUT2D eigenvalue weighted by Crippen LogP contribution is 2.14. The van der Waals surface area contributed by atoms with Gasteiger partial charge in [-0.05, 0) is 5.56 Å². The van der Waals surface area contributed by atoms with Gasteiger partial charge in [-0.15, -0.1) is 0 Å². The number of hydrogen-bond donors (Lipinski definition) is 0. The van der Waals surface area contributed by atoms with Crippen LogP contribution in [0.15, 0.2) is 30.3 Å². The number of halogens is 1. The highest BCUT2D eigenvalue weighted by molar-refractivity contribution is 9.09. The Morgan fingerprint density at radius 2 is 2.12 bits per heavy atom. The van der Waals surface area contributed by atoms with Gasteiger partial charge >= 0.3 is 0 Å². The van der Waals surface area contributed by atoms with E-state index in [0.717, 1.165) is 0 Å². The molecule has 2 unspecified atom stereocenters. The third-order valence-electron chi connectivity index (χ3n) is 2.35. The summed E-state index contributed by atoms with van der Waals surface area (Å²) in [4.78, 5) is 0. The first kappa shape index (κ1) is 12.0. The van der Waals surface area contributed by atoms with Gasteiger partial charge in [0.15, 0.2) is 6.29 Å². The summed E-state index contributed by atoms with van der Waals surface area (Å²) in [6, 6.07) is 10.1. The van der Waals surface area contributed by atoms with Crippen molar-refractivity contribution in [3.05, 3.63) is 35.9 Å². The van der Waals surface area contributed by atoms with Gasteiger partial charge in [-0.1, -0.05) is 46.3 Å². The van der Waals surface area contributed by atoms with E-state index in [0.29, 0.717) is 25.2 Å². The van der Waals surface area contributed by atoms with Gasteiger partial charge in [0.1, 0.15) is 6.10 Å². The molecule has 0 aromatic heterocycles. The molecule has 2 rings (SSSR count). The van der Waals surface area contributed by atoms with Crippen molar-refractivity contribution >= 4 is 15.9 Å². The lowest BCUT2D eigenvalue weighted by Gasteiger charge is -2.10. The molecule has 1 aliphatic rings. The quantitative estimate of drug-likeness (QED) is 0.778. The number of ether oxygens (including phenoxy) is 3. The van der Waals surface area contributed by atoms with Crippen molar-refractivity contribution in [3.63, 3.8) is 0 Å². The summed E-state index contributed by atoms with van der Waals surface area (Å²) >= 11 is 3.32. The summed E-state index contributed by atoms with van der Waals surface area (Å²) in [5, 5.41) is 0.711. The van der Waals surface area contributed by atoms with Crippen molar-refractivity contribution in [1.29, 1.82) is 0 Å². The standard InChI is InChI=1S/C12H15BrO3/c13-6-12-15-9-11(16-12)8-14-7-10-4-2-1-3-5-10/h1-5,11-12H,6-9H2. The lowest BCUT2D eigenvalue weighted by atomic mass is 10.2. The molecule has 1 fully saturated rings. The number of alkyl halides is 1. The fraction of sp³-hybridized carbons (Fsp3) is 0.500. The van der Waals surface area contributed by atoms with Gasteiger partial charge in [-0.2, -0.15) is 0 Å². The fourth-order valence-electron chi connectivity index (χ4n) is 1.56. The molecule has 0 radical (unpaired) electrons. The van der Waals surface area contributed by atoms with Crippen LogP contribution in [0, 0.1) is 0 Å². The summed E-state index contributed by atoms with van der Waals surface area (Å²) < 4.78 is 16.5. The third kappa shape index (κ3) is 3.56. The Labute approximate surface area is 104 Å². The maximum absolute atomic E-state index is 5.58. The molecule has 0 aliphatic carbocycles. The minimum Gasteiger partial charge on any atom is -0.374 e. The molecule has 1 aromatic carbocycles. The lowest BCUT2D eigenvalue weighted by molar-refractivity contribution is -0.0560. The minimum atomic E-state index is -0.120. The zero-order valence-corrected chi connectivity index (χ0v) is 10.6. The molecule has 16 heavy (non-hydrogen) atoms. The second kappa shape index (κ2) is 6.35. The van der Waals surface area contributed by atoms with Gasteiger partial charge in [0.25, 0.3) is 0 Å². The third-order valence-corrected chi connectivity index (χ3v) is 2.88. The molecule has 1 saturated heterocycles. The summed E-state index contributed by atoms with van der Waals surface area (Å²) in [5.74, 6) is 0. The topological polar surface area (TPSA) is 27.7 Å². The Kier molecular flexibility index (Phi) is 4.78. The maximum Gasteiger partial charge on any atom is 0.167 e. The average molecular weight is 287 g/mol. The summed E-state index contributed by atoms with van der Waals surface area (Å²) in [6.45, 7) is 1.82. The molecule has 2 atom stereocenters. The largest absolute Gasteiger partial charge is 0.374 e. The van der Waals surface area contributed by atoms with E-state index in [1.807, 2.05) is 30.3 Å². The van der Waals surface area contributed by atoms with E-state index in [9.17, 15) is 0 Å². The second-order valence-corrected chi connectivity index (χ2v) is 4.32. The highest BCUT2D eigenvalue weighted by Gasteiger charge is 2.24. The van der Waals surface area contributed by atoms with Crippen LogP contribution in [-0.4, -0.2) is 30.9 Å². The molecule has 0 N–H and O–H groups in total. The van der Waals surface area contributed by atoms with E-state index in [1.165, 1.54) is 5.56 Å². The van der Waals surface area contributed by atoms with E-state index < -0.39 is 0 Å². The Hall–Kier alpha value is -0.420. The summed E-state index contributed by atoms with van der Waals surface area (Å²) in [7, 11) is 0. The smallest absolute Gasteiger partial charge is 0.167 e. The van der Waals surface area contributed by atoms with Crippen LogP contribution in [-0.2, 0) is 20.8 Å². The van der Waals surface area contributed by atoms with Crippen molar-refractivity contribution in [2.45, 2.75) is 19.0 Å². The molecule has 1 aliphatic heterocycles. The normalized spacial score (nSPS) is 24.8. The van der Waals surface area contributed by atoms with Gasteiger partial charge in [-0.25, -0.2) is 0 Å². The van der Waals surface area contributed by atoms with Crippen LogP contribution < -0.4 is 0 Å².